The lowest BCUT2D eigenvalue weighted by Crippen LogP contribution is -2.16. The normalized spacial score (nSPS) is 21.4. The van der Waals surface area contributed by atoms with E-state index in [2.05, 4.69) is 9.98 Å². The van der Waals surface area contributed by atoms with Gasteiger partial charge in [0.2, 0.25) is 0 Å². The molecule has 2 heterocycles. The van der Waals surface area contributed by atoms with Crippen LogP contribution in [0, 0.1) is 0 Å². The first-order valence-electron chi connectivity index (χ1n) is 5.32. The number of rotatable bonds is 2. The van der Waals surface area contributed by atoms with Crippen LogP contribution in [-0.4, -0.2) is 24.0 Å². The highest BCUT2D eigenvalue weighted by Gasteiger charge is 2.11. The topological polar surface area (TPSA) is 60.5 Å². The third kappa shape index (κ3) is 2.71. The zero-order valence-corrected chi connectivity index (χ0v) is 9.65. The van der Waals surface area contributed by atoms with E-state index >= 15 is 0 Å². The van der Waals surface area contributed by atoms with Crippen molar-refractivity contribution in [1.82, 2.24) is 4.98 Å². The van der Waals surface area contributed by atoms with Gasteiger partial charge in [0.05, 0.1) is 16.9 Å². The summed E-state index contributed by atoms with van der Waals surface area (Å²) in [6.45, 7) is 0.778. The summed E-state index contributed by atoms with van der Waals surface area (Å²) in [5.41, 5.74) is 6.83. The van der Waals surface area contributed by atoms with Crippen molar-refractivity contribution in [3.05, 3.63) is 23.0 Å². The highest BCUT2D eigenvalue weighted by molar-refractivity contribution is 6.33. The average Bonchev–Trinajstić information content (AvgIpc) is 2.32. The van der Waals surface area contributed by atoms with Crippen LogP contribution in [0.2, 0.25) is 5.02 Å². The van der Waals surface area contributed by atoms with Crippen molar-refractivity contribution in [3.63, 3.8) is 0 Å². The highest BCUT2D eigenvalue weighted by Crippen LogP contribution is 2.19. The summed E-state index contributed by atoms with van der Waals surface area (Å²) in [6, 6.07) is 1.66. The van der Waals surface area contributed by atoms with Gasteiger partial charge in [-0.25, -0.2) is 0 Å². The molecule has 0 radical (unpaired) electrons. The van der Waals surface area contributed by atoms with Gasteiger partial charge >= 0.3 is 0 Å². The largest absolute Gasteiger partial charge is 0.396 e. The van der Waals surface area contributed by atoms with E-state index in [1.807, 2.05) is 0 Å². The summed E-state index contributed by atoms with van der Waals surface area (Å²) in [6.07, 6.45) is 6.41. The SMILES string of the molecule is Nc1c(Cl)ccnc1C=NC1CCCCO1. The number of pyridine rings is 1. The molecule has 1 saturated heterocycles. The van der Waals surface area contributed by atoms with Crippen LogP contribution in [0.1, 0.15) is 25.0 Å². The molecule has 1 aromatic heterocycles. The van der Waals surface area contributed by atoms with E-state index in [4.69, 9.17) is 22.1 Å². The lowest BCUT2D eigenvalue weighted by atomic mass is 10.2. The Morgan fingerprint density at radius 2 is 2.44 bits per heavy atom. The third-order valence-corrected chi connectivity index (χ3v) is 2.82. The lowest BCUT2D eigenvalue weighted by molar-refractivity contribution is 0.0227. The number of aliphatic imine (C=N–C) groups is 1. The average molecular weight is 240 g/mol. The van der Waals surface area contributed by atoms with Crippen LogP contribution < -0.4 is 5.73 Å². The van der Waals surface area contributed by atoms with Crippen molar-refractivity contribution in [2.24, 2.45) is 4.99 Å². The molecule has 0 spiro atoms. The highest BCUT2D eigenvalue weighted by atomic mass is 35.5. The van der Waals surface area contributed by atoms with E-state index in [0.717, 1.165) is 25.9 Å². The van der Waals surface area contributed by atoms with Crippen LogP contribution in [0.3, 0.4) is 0 Å². The number of hydrogen-bond donors (Lipinski definition) is 1. The van der Waals surface area contributed by atoms with Crippen LogP contribution in [0.15, 0.2) is 17.3 Å². The minimum Gasteiger partial charge on any atom is -0.396 e. The summed E-state index contributed by atoms with van der Waals surface area (Å²) >= 11 is 5.88. The van der Waals surface area contributed by atoms with Gasteiger partial charge in [-0.05, 0) is 25.3 Å². The van der Waals surface area contributed by atoms with Gasteiger partial charge in [-0.2, -0.15) is 0 Å². The van der Waals surface area contributed by atoms with E-state index in [1.165, 1.54) is 0 Å². The Labute approximate surface area is 99.5 Å². The van der Waals surface area contributed by atoms with Gasteiger partial charge in [-0.1, -0.05) is 11.6 Å². The predicted octanol–water partition coefficient (Wildman–Crippen LogP) is 2.26. The second-order valence-corrected chi connectivity index (χ2v) is 4.10. The minimum atomic E-state index is -0.0612. The van der Waals surface area contributed by atoms with Crippen LogP contribution in [0.25, 0.3) is 0 Å². The van der Waals surface area contributed by atoms with Gasteiger partial charge in [0.1, 0.15) is 11.9 Å². The molecule has 0 aromatic carbocycles. The molecule has 1 aromatic rings. The number of hydrogen-bond acceptors (Lipinski definition) is 4. The number of nitrogen functional groups attached to an aromatic ring is 1. The van der Waals surface area contributed by atoms with Gasteiger partial charge in [0.25, 0.3) is 0 Å². The summed E-state index contributed by atoms with van der Waals surface area (Å²) in [7, 11) is 0. The van der Waals surface area contributed by atoms with Crippen molar-refractivity contribution < 1.29 is 4.74 Å². The molecular formula is C11H14ClN3O. The molecule has 0 amide bonds. The Bertz CT molecular complexity index is 389. The molecule has 2 rings (SSSR count). The fourth-order valence-corrected chi connectivity index (χ4v) is 1.72. The second kappa shape index (κ2) is 5.27. The molecule has 86 valence electrons. The first kappa shape index (κ1) is 11.4. The summed E-state index contributed by atoms with van der Waals surface area (Å²) < 4.78 is 5.47. The molecular weight excluding hydrogens is 226 g/mol. The molecule has 1 unspecified atom stereocenters. The number of nitrogens with zero attached hydrogens (tertiary/aromatic N) is 2. The standard InChI is InChI=1S/C11H14ClN3O/c12-8-4-5-14-9(11(8)13)7-15-10-3-1-2-6-16-10/h4-5,7,10H,1-3,6,13H2. The summed E-state index contributed by atoms with van der Waals surface area (Å²) in [4.78, 5) is 8.42. The Morgan fingerprint density at radius 3 is 3.19 bits per heavy atom. The molecule has 1 aliphatic heterocycles. The minimum absolute atomic E-state index is 0.0612. The van der Waals surface area contributed by atoms with E-state index in [9.17, 15) is 0 Å². The van der Waals surface area contributed by atoms with Crippen molar-refractivity contribution in [2.75, 3.05) is 12.3 Å². The Kier molecular flexibility index (Phi) is 3.74. The van der Waals surface area contributed by atoms with Gasteiger partial charge in [-0.3, -0.25) is 9.98 Å². The smallest absolute Gasteiger partial charge is 0.148 e. The third-order valence-electron chi connectivity index (χ3n) is 2.49. The van der Waals surface area contributed by atoms with E-state index in [0.29, 0.717) is 16.4 Å². The van der Waals surface area contributed by atoms with E-state index in [-0.39, 0.29) is 6.23 Å². The zero-order chi connectivity index (χ0) is 11.4. The summed E-state index contributed by atoms with van der Waals surface area (Å²) in [5, 5.41) is 0.501. The number of aromatic nitrogens is 1. The first-order chi connectivity index (χ1) is 7.77. The molecule has 0 bridgehead atoms. The Morgan fingerprint density at radius 1 is 1.56 bits per heavy atom. The quantitative estimate of drug-likeness (QED) is 0.806. The molecule has 0 saturated carbocycles. The van der Waals surface area contributed by atoms with Crippen LogP contribution in [-0.2, 0) is 4.74 Å². The maximum absolute atomic E-state index is 5.88. The molecule has 0 aliphatic carbocycles. The van der Waals surface area contributed by atoms with Crippen LogP contribution in [0.4, 0.5) is 5.69 Å². The van der Waals surface area contributed by atoms with Crippen LogP contribution >= 0.6 is 11.6 Å². The maximum atomic E-state index is 5.88. The first-order valence-corrected chi connectivity index (χ1v) is 5.70. The van der Waals surface area contributed by atoms with Crippen molar-refractivity contribution in [2.45, 2.75) is 25.5 Å². The molecule has 1 aliphatic rings. The second-order valence-electron chi connectivity index (χ2n) is 3.69. The Balaban J connectivity index is 2.07. The summed E-state index contributed by atoms with van der Waals surface area (Å²) in [5.74, 6) is 0. The van der Waals surface area contributed by atoms with Crippen molar-refractivity contribution in [1.29, 1.82) is 0 Å². The monoisotopic (exact) mass is 239 g/mol. The van der Waals surface area contributed by atoms with Gasteiger partial charge in [0, 0.05) is 12.8 Å². The molecule has 1 atom stereocenters. The lowest BCUT2D eigenvalue weighted by Gasteiger charge is -2.18. The van der Waals surface area contributed by atoms with Gasteiger partial charge in [-0.15, -0.1) is 0 Å². The fraction of sp³-hybridized carbons (Fsp3) is 0.455. The maximum Gasteiger partial charge on any atom is 0.148 e. The van der Waals surface area contributed by atoms with Crippen LogP contribution in [0.5, 0.6) is 0 Å². The predicted molar refractivity (Wildman–Crippen MR) is 64.8 cm³/mol. The molecule has 4 nitrogen and oxygen atoms in total. The number of nitrogens with two attached hydrogens (primary N) is 1. The van der Waals surface area contributed by atoms with E-state index < -0.39 is 0 Å². The zero-order valence-electron chi connectivity index (χ0n) is 8.90. The number of halogens is 1. The molecule has 16 heavy (non-hydrogen) atoms. The van der Waals surface area contributed by atoms with Crippen molar-refractivity contribution >= 4 is 23.5 Å². The number of ether oxygens (including phenoxy) is 1. The van der Waals surface area contributed by atoms with Crippen molar-refractivity contribution in [3.8, 4) is 0 Å². The molecule has 2 N–H and O–H groups in total. The fourth-order valence-electron chi connectivity index (χ4n) is 1.56. The van der Waals surface area contributed by atoms with E-state index in [1.54, 1.807) is 18.5 Å². The molecule has 5 heteroatoms. The van der Waals surface area contributed by atoms with Gasteiger partial charge < -0.3 is 10.5 Å². The number of anilines is 1. The van der Waals surface area contributed by atoms with Gasteiger partial charge in [0.15, 0.2) is 0 Å². The molecule has 1 fully saturated rings. The Hall–Kier alpha value is -1.13.